The number of benzene rings is 1. The van der Waals surface area contributed by atoms with Gasteiger partial charge >= 0.3 is 6.18 Å². The van der Waals surface area contributed by atoms with Crippen molar-refractivity contribution in [1.82, 2.24) is 10.1 Å². The number of carbonyl (C=O) groups is 2. The van der Waals surface area contributed by atoms with Gasteiger partial charge in [0.15, 0.2) is 5.82 Å². The zero-order valence-corrected chi connectivity index (χ0v) is 16.0. The topological polar surface area (TPSA) is 87.5 Å². The number of likely N-dealkylation sites (N-methyl/N-ethyl adjacent to an activating group) is 1. The summed E-state index contributed by atoms with van der Waals surface area (Å²) < 4.78 is 44.2. The predicted molar refractivity (Wildman–Crippen MR) is 97.0 cm³/mol. The summed E-state index contributed by atoms with van der Waals surface area (Å²) in [6.45, 7) is 2.94. The Kier molecular flexibility index (Phi) is 6.68. The normalized spacial score (nSPS) is 12.7. The van der Waals surface area contributed by atoms with Crippen LogP contribution in [-0.4, -0.2) is 41.5 Å². The van der Waals surface area contributed by atoms with Gasteiger partial charge in [-0.3, -0.25) is 14.5 Å². The van der Waals surface area contributed by atoms with E-state index in [0.29, 0.717) is 5.76 Å². The smallest absolute Gasteiger partial charge is 0.360 e. The van der Waals surface area contributed by atoms with Gasteiger partial charge in [0.25, 0.3) is 0 Å². The predicted octanol–water partition coefficient (Wildman–Crippen LogP) is 3.55. The van der Waals surface area contributed by atoms with Crippen LogP contribution >= 0.6 is 11.6 Å². The highest BCUT2D eigenvalue weighted by Crippen LogP contribution is 2.36. The number of aryl methyl sites for hydroxylation is 1. The van der Waals surface area contributed by atoms with E-state index in [4.69, 9.17) is 16.1 Å². The molecular weight excluding hydrogens is 401 g/mol. The first-order valence-electron chi connectivity index (χ1n) is 8.08. The highest BCUT2D eigenvalue weighted by molar-refractivity contribution is 6.30. The molecule has 0 aliphatic heterocycles. The van der Waals surface area contributed by atoms with E-state index in [1.165, 1.54) is 31.0 Å². The van der Waals surface area contributed by atoms with Gasteiger partial charge in [-0.25, -0.2) is 0 Å². The zero-order valence-electron chi connectivity index (χ0n) is 15.2. The average Bonchev–Trinajstić information content (AvgIpc) is 2.99. The minimum absolute atomic E-state index is 0.102. The Morgan fingerprint density at radius 3 is 2.54 bits per heavy atom. The number of anilines is 2. The van der Waals surface area contributed by atoms with Crippen LogP contribution in [0.3, 0.4) is 0 Å². The van der Waals surface area contributed by atoms with Crippen molar-refractivity contribution >= 4 is 34.9 Å². The molecule has 1 atom stereocenters. The molecule has 0 aliphatic rings. The molecule has 0 saturated carbocycles. The van der Waals surface area contributed by atoms with Crippen LogP contribution in [0.5, 0.6) is 0 Å². The SMILES string of the molecule is Cc1cc(NC(=O)CN(C)C(C)C(=O)Nc2ccc(Cl)cc2C(F)(F)F)no1. The number of carbonyl (C=O) groups excluding carboxylic acids is 2. The summed E-state index contributed by atoms with van der Waals surface area (Å²) in [7, 11) is 1.49. The third kappa shape index (κ3) is 5.70. The summed E-state index contributed by atoms with van der Waals surface area (Å²) in [4.78, 5) is 25.7. The third-order valence-corrected chi connectivity index (χ3v) is 4.11. The lowest BCUT2D eigenvalue weighted by Crippen LogP contribution is -2.43. The van der Waals surface area contributed by atoms with Crippen LogP contribution in [0, 0.1) is 6.92 Å². The van der Waals surface area contributed by atoms with Gasteiger partial charge in [0.05, 0.1) is 23.8 Å². The van der Waals surface area contributed by atoms with Gasteiger partial charge in [-0.1, -0.05) is 16.8 Å². The molecule has 1 heterocycles. The lowest BCUT2D eigenvalue weighted by Gasteiger charge is -2.24. The standard InChI is InChI=1S/C17H18ClF3N4O3/c1-9-6-14(24-28-9)23-15(26)8-25(3)10(2)16(27)22-13-5-4-11(18)7-12(13)17(19,20)21/h4-7,10H,8H2,1-3H3,(H,22,27)(H,23,24,26). The van der Waals surface area contributed by atoms with Gasteiger partial charge in [-0.05, 0) is 39.1 Å². The number of hydrogen-bond donors (Lipinski definition) is 2. The Hall–Kier alpha value is -2.59. The summed E-state index contributed by atoms with van der Waals surface area (Å²) in [5.74, 6) is -0.429. The third-order valence-electron chi connectivity index (χ3n) is 3.87. The Morgan fingerprint density at radius 2 is 1.96 bits per heavy atom. The van der Waals surface area contributed by atoms with Crippen LogP contribution in [0.4, 0.5) is 24.7 Å². The molecule has 1 unspecified atom stereocenters. The van der Waals surface area contributed by atoms with Crippen LogP contribution in [0.2, 0.25) is 5.02 Å². The molecule has 7 nitrogen and oxygen atoms in total. The van der Waals surface area contributed by atoms with Gasteiger partial charge in [-0.2, -0.15) is 13.2 Å². The number of alkyl halides is 3. The van der Waals surface area contributed by atoms with E-state index in [-0.39, 0.29) is 17.4 Å². The lowest BCUT2D eigenvalue weighted by atomic mass is 10.1. The summed E-state index contributed by atoms with van der Waals surface area (Å²) in [6.07, 6.45) is -4.68. The van der Waals surface area contributed by atoms with E-state index in [1.54, 1.807) is 6.92 Å². The van der Waals surface area contributed by atoms with Crippen LogP contribution in [0.1, 0.15) is 18.2 Å². The Bertz CT molecular complexity index is 870. The minimum atomic E-state index is -4.68. The van der Waals surface area contributed by atoms with Crippen LogP contribution < -0.4 is 10.6 Å². The molecule has 2 N–H and O–H groups in total. The van der Waals surface area contributed by atoms with Crippen molar-refractivity contribution in [3.63, 3.8) is 0 Å². The number of nitrogens with zero attached hydrogens (tertiary/aromatic N) is 2. The molecule has 2 amide bonds. The van der Waals surface area contributed by atoms with Crippen LogP contribution in [-0.2, 0) is 15.8 Å². The number of amides is 2. The molecule has 11 heteroatoms. The summed E-state index contributed by atoms with van der Waals surface area (Å²) in [5, 5.41) is 8.24. The average molecular weight is 419 g/mol. The second-order valence-corrected chi connectivity index (χ2v) is 6.58. The second-order valence-electron chi connectivity index (χ2n) is 6.14. The number of aromatic nitrogens is 1. The maximum atomic E-state index is 13.1. The summed E-state index contributed by atoms with van der Waals surface area (Å²) in [5.41, 5.74) is -1.47. The Morgan fingerprint density at radius 1 is 1.29 bits per heavy atom. The summed E-state index contributed by atoms with van der Waals surface area (Å²) >= 11 is 5.62. The van der Waals surface area contributed by atoms with E-state index in [0.717, 1.165) is 12.1 Å². The molecule has 28 heavy (non-hydrogen) atoms. The van der Waals surface area contributed by atoms with Crippen LogP contribution in [0.15, 0.2) is 28.8 Å². The molecule has 0 radical (unpaired) electrons. The number of nitrogens with one attached hydrogen (secondary N) is 2. The molecule has 2 aromatic rings. The molecule has 0 bridgehead atoms. The molecule has 2 rings (SSSR count). The first kappa shape index (κ1) is 21.7. The fourth-order valence-electron chi connectivity index (χ4n) is 2.27. The van der Waals surface area contributed by atoms with Crippen molar-refractivity contribution in [2.75, 3.05) is 24.2 Å². The number of hydrogen-bond acceptors (Lipinski definition) is 5. The number of rotatable bonds is 6. The summed E-state index contributed by atoms with van der Waals surface area (Å²) in [6, 6.07) is 3.69. The highest BCUT2D eigenvalue weighted by Gasteiger charge is 2.34. The Balaban J connectivity index is 2.01. The number of halogens is 4. The molecular formula is C17H18ClF3N4O3. The van der Waals surface area contributed by atoms with E-state index in [2.05, 4.69) is 15.8 Å². The Labute approximate surface area is 163 Å². The van der Waals surface area contributed by atoms with Crippen molar-refractivity contribution in [1.29, 1.82) is 0 Å². The second kappa shape index (κ2) is 8.61. The molecule has 0 aliphatic carbocycles. The molecule has 1 aromatic heterocycles. The maximum absolute atomic E-state index is 13.1. The fourth-order valence-corrected chi connectivity index (χ4v) is 2.44. The van der Waals surface area contributed by atoms with Gasteiger partial charge in [0.2, 0.25) is 11.8 Å². The fraction of sp³-hybridized carbons (Fsp3) is 0.353. The zero-order chi connectivity index (χ0) is 21.1. The van der Waals surface area contributed by atoms with Crippen molar-refractivity contribution in [3.8, 4) is 0 Å². The quantitative estimate of drug-likeness (QED) is 0.749. The largest absolute Gasteiger partial charge is 0.418 e. The van der Waals surface area contributed by atoms with E-state index in [1.807, 2.05) is 0 Å². The molecule has 152 valence electrons. The van der Waals surface area contributed by atoms with Crippen molar-refractivity contribution in [2.45, 2.75) is 26.1 Å². The molecule has 0 spiro atoms. The van der Waals surface area contributed by atoms with Crippen LogP contribution in [0.25, 0.3) is 0 Å². The maximum Gasteiger partial charge on any atom is 0.418 e. The lowest BCUT2D eigenvalue weighted by molar-refractivity contribution is -0.137. The van der Waals surface area contributed by atoms with Crippen molar-refractivity contribution in [3.05, 3.63) is 40.6 Å². The van der Waals surface area contributed by atoms with Gasteiger partial charge < -0.3 is 15.2 Å². The van der Waals surface area contributed by atoms with E-state index < -0.39 is 35.3 Å². The first-order valence-corrected chi connectivity index (χ1v) is 8.46. The molecule has 1 aromatic carbocycles. The van der Waals surface area contributed by atoms with Gasteiger partial charge in [0, 0.05) is 11.1 Å². The minimum Gasteiger partial charge on any atom is -0.360 e. The van der Waals surface area contributed by atoms with Gasteiger partial charge in [0.1, 0.15) is 5.76 Å². The van der Waals surface area contributed by atoms with Crippen molar-refractivity contribution < 1.29 is 27.3 Å². The molecule has 0 fully saturated rings. The van der Waals surface area contributed by atoms with Crippen molar-refractivity contribution in [2.24, 2.45) is 0 Å². The monoisotopic (exact) mass is 418 g/mol. The van der Waals surface area contributed by atoms with Gasteiger partial charge in [-0.15, -0.1) is 0 Å². The first-order chi connectivity index (χ1) is 13.0. The van der Waals surface area contributed by atoms with E-state index in [9.17, 15) is 22.8 Å². The molecule has 0 saturated heterocycles. The van der Waals surface area contributed by atoms with E-state index >= 15 is 0 Å². The highest BCUT2D eigenvalue weighted by atomic mass is 35.5.